The number of amides is 1. The minimum atomic E-state index is 0.0363. The minimum absolute atomic E-state index is 0.0363. The fourth-order valence-electron chi connectivity index (χ4n) is 1.39. The zero-order chi connectivity index (χ0) is 9.42. The molecular formula is C8H12N4O. The van der Waals surface area contributed by atoms with E-state index in [1.54, 1.807) is 4.68 Å². The van der Waals surface area contributed by atoms with Crippen molar-refractivity contribution < 1.29 is 4.79 Å². The van der Waals surface area contributed by atoms with Crippen molar-refractivity contribution in [2.75, 3.05) is 5.43 Å². The van der Waals surface area contributed by atoms with Gasteiger partial charge in [0.05, 0.1) is 0 Å². The van der Waals surface area contributed by atoms with Crippen molar-refractivity contribution in [3.05, 3.63) is 11.6 Å². The second-order valence-corrected chi connectivity index (χ2v) is 3.50. The van der Waals surface area contributed by atoms with Crippen LogP contribution >= 0.6 is 0 Å². The van der Waals surface area contributed by atoms with E-state index in [1.807, 2.05) is 13.8 Å². The van der Waals surface area contributed by atoms with Crippen molar-refractivity contribution in [2.45, 2.75) is 32.6 Å². The largest absolute Gasteiger partial charge is 0.273 e. The van der Waals surface area contributed by atoms with Crippen LogP contribution in [0, 0.1) is 0 Å². The molecule has 1 aliphatic heterocycles. The fraction of sp³-hybridized carbons (Fsp3) is 0.625. The van der Waals surface area contributed by atoms with Crippen molar-refractivity contribution in [3.63, 3.8) is 0 Å². The Bertz CT molecular complexity index is 342. The molecule has 0 bridgehead atoms. The molecule has 0 aromatic carbocycles. The topological polar surface area (TPSA) is 59.8 Å². The summed E-state index contributed by atoms with van der Waals surface area (Å²) in [5, 5.41) is 8.04. The zero-order valence-corrected chi connectivity index (χ0v) is 7.74. The van der Waals surface area contributed by atoms with Crippen LogP contribution in [-0.2, 0) is 11.2 Å². The molecule has 0 saturated heterocycles. The number of rotatable bonds is 1. The Morgan fingerprint density at radius 3 is 2.85 bits per heavy atom. The van der Waals surface area contributed by atoms with Crippen LogP contribution in [0.5, 0.6) is 0 Å². The van der Waals surface area contributed by atoms with Crippen molar-refractivity contribution in [1.29, 1.82) is 0 Å². The summed E-state index contributed by atoms with van der Waals surface area (Å²) >= 11 is 0. The van der Waals surface area contributed by atoms with Crippen LogP contribution < -0.4 is 5.43 Å². The summed E-state index contributed by atoms with van der Waals surface area (Å²) in [5.41, 5.74) is 2.74. The smallest absolute Gasteiger partial charge is 0.239 e. The van der Waals surface area contributed by atoms with Gasteiger partial charge in [-0.05, 0) is 0 Å². The molecule has 0 aliphatic carbocycles. The number of nitrogens with one attached hydrogen (secondary N) is 1. The number of carbonyl (C=O) groups excluding carboxylic acids is 1. The Hall–Kier alpha value is -1.39. The lowest BCUT2D eigenvalue weighted by Gasteiger charge is -2.16. The number of nitrogens with zero attached hydrogens (tertiary/aromatic N) is 3. The first kappa shape index (κ1) is 8.22. The Morgan fingerprint density at radius 1 is 1.38 bits per heavy atom. The normalized spacial score (nSPS) is 15.8. The summed E-state index contributed by atoms with van der Waals surface area (Å²) in [6.07, 6.45) is 1.20. The van der Waals surface area contributed by atoms with Gasteiger partial charge in [-0.15, -0.1) is 10.2 Å². The molecule has 0 saturated carbocycles. The molecule has 0 atom stereocenters. The quantitative estimate of drug-likeness (QED) is 0.681. The van der Waals surface area contributed by atoms with Crippen molar-refractivity contribution in [2.24, 2.45) is 0 Å². The molecule has 70 valence electrons. The zero-order valence-electron chi connectivity index (χ0n) is 7.74. The van der Waals surface area contributed by atoms with Crippen molar-refractivity contribution in [1.82, 2.24) is 14.9 Å². The summed E-state index contributed by atoms with van der Waals surface area (Å²) in [6.45, 7) is 4.05. The van der Waals surface area contributed by atoms with E-state index in [1.165, 1.54) is 0 Å². The number of carbonyl (C=O) groups is 1. The van der Waals surface area contributed by atoms with E-state index in [0.717, 1.165) is 11.6 Å². The molecule has 0 spiro atoms. The highest BCUT2D eigenvalue weighted by atomic mass is 16.2. The highest BCUT2D eigenvalue weighted by Gasteiger charge is 2.21. The molecule has 5 nitrogen and oxygen atoms in total. The first-order valence-electron chi connectivity index (χ1n) is 4.42. The molecule has 13 heavy (non-hydrogen) atoms. The first-order chi connectivity index (χ1) is 6.18. The SMILES string of the molecule is CC(C)c1nnc2n1NC(=O)CC2. The summed E-state index contributed by atoms with van der Waals surface area (Å²) in [6, 6.07) is 0. The minimum Gasteiger partial charge on any atom is -0.273 e. The highest BCUT2D eigenvalue weighted by Crippen LogP contribution is 2.15. The number of hydrogen-bond donors (Lipinski definition) is 1. The monoisotopic (exact) mass is 180 g/mol. The molecule has 0 radical (unpaired) electrons. The molecule has 2 rings (SSSR count). The molecule has 1 amide bonds. The van der Waals surface area contributed by atoms with Gasteiger partial charge in [0.25, 0.3) is 0 Å². The molecule has 1 N–H and O–H groups in total. The molecular weight excluding hydrogens is 168 g/mol. The number of aryl methyl sites for hydroxylation is 1. The van der Waals surface area contributed by atoms with Gasteiger partial charge in [-0.25, -0.2) is 4.68 Å². The second kappa shape index (κ2) is 2.83. The molecule has 2 heterocycles. The van der Waals surface area contributed by atoms with Crippen LogP contribution in [0.15, 0.2) is 0 Å². The van der Waals surface area contributed by atoms with Gasteiger partial charge in [-0.3, -0.25) is 10.2 Å². The van der Waals surface area contributed by atoms with E-state index in [4.69, 9.17) is 0 Å². The second-order valence-electron chi connectivity index (χ2n) is 3.50. The van der Waals surface area contributed by atoms with Gasteiger partial charge in [0, 0.05) is 18.8 Å². The van der Waals surface area contributed by atoms with Gasteiger partial charge in [0.15, 0.2) is 11.6 Å². The van der Waals surface area contributed by atoms with E-state index >= 15 is 0 Å². The lowest BCUT2D eigenvalue weighted by Crippen LogP contribution is -2.31. The third-order valence-corrected chi connectivity index (χ3v) is 2.08. The Kier molecular flexibility index (Phi) is 1.79. The predicted molar refractivity (Wildman–Crippen MR) is 46.8 cm³/mol. The van der Waals surface area contributed by atoms with Crippen molar-refractivity contribution >= 4 is 5.91 Å². The molecule has 0 unspecified atom stereocenters. The molecule has 1 aliphatic rings. The van der Waals surface area contributed by atoms with Gasteiger partial charge < -0.3 is 0 Å². The van der Waals surface area contributed by atoms with E-state index in [9.17, 15) is 4.79 Å². The van der Waals surface area contributed by atoms with Gasteiger partial charge in [0.1, 0.15) is 0 Å². The van der Waals surface area contributed by atoms with Crippen LogP contribution in [0.25, 0.3) is 0 Å². The Labute approximate surface area is 76.1 Å². The van der Waals surface area contributed by atoms with E-state index < -0.39 is 0 Å². The maximum atomic E-state index is 11.1. The summed E-state index contributed by atoms with van der Waals surface area (Å²) < 4.78 is 1.70. The van der Waals surface area contributed by atoms with Crippen LogP contribution in [0.3, 0.4) is 0 Å². The predicted octanol–water partition coefficient (Wildman–Crippen LogP) is 0.418. The standard InChI is InChI=1S/C8H12N4O/c1-5(2)8-10-9-6-3-4-7(13)11-12(6)8/h5H,3-4H2,1-2H3,(H,11,13). The number of aromatic nitrogens is 3. The average Bonchev–Trinajstić information content (AvgIpc) is 2.46. The van der Waals surface area contributed by atoms with Gasteiger partial charge >= 0.3 is 0 Å². The Balaban J connectivity index is 2.41. The van der Waals surface area contributed by atoms with Crippen LogP contribution in [0.4, 0.5) is 0 Å². The van der Waals surface area contributed by atoms with Crippen LogP contribution in [-0.4, -0.2) is 20.8 Å². The number of hydrogen-bond acceptors (Lipinski definition) is 3. The summed E-state index contributed by atoms with van der Waals surface area (Å²) in [4.78, 5) is 11.1. The van der Waals surface area contributed by atoms with Gasteiger partial charge in [0.2, 0.25) is 5.91 Å². The lowest BCUT2D eigenvalue weighted by molar-refractivity contribution is -0.117. The maximum Gasteiger partial charge on any atom is 0.239 e. The highest BCUT2D eigenvalue weighted by molar-refractivity contribution is 5.84. The summed E-state index contributed by atoms with van der Waals surface area (Å²) in [7, 11) is 0. The lowest BCUT2D eigenvalue weighted by atomic mass is 10.2. The third-order valence-electron chi connectivity index (χ3n) is 2.08. The van der Waals surface area contributed by atoms with Gasteiger partial charge in [-0.1, -0.05) is 13.8 Å². The van der Waals surface area contributed by atoms with E-state index in [0.29, 0.717) is 12.8 Å². The molecule has 5 heteroatoms. The molecule has 0 fully saturated rings. The summed E-state index contributed by atoms with van der Waals surface area (Å²) in [5.74, 6) is 1.99. The Morgan fingerprint density at radius 2 is 2.15 bits per heavy atom. The number of fused-ring (bicyclic) bond motifs is 1. The first-order valence-corrected chi connectivity index (χ1v) is 4.42. The van der Waals surface area contributed by atoms with Gasteiger partial charge in [-0.2, -0.15) is 0 Å². The molecule has 1 aromatic heterocycles. The van der Waals surface area contributed by atoms with E-state index in [-0.39, 0.29) is 11.8 Å². The van der Waals surface area contributed by atoms with Crippen molar-refractivity contribution in [3.8, 4) is 0 Å². The molecule has 1 aromatic rings. The van der Waals surface area contributed by atoms with Crippen LogP contribution in [0.1, 0.15) is 37.8 Å². The average molecular weight is 180 g/mol. The fourth-order valence-corrected chi connectivity index (χ4v) is 1.39. The van der Waals surface area contributed by atoms with E-state index in [2.05, 4.69) is 15.6 Å². The maximum absolute atomic E-state index is 11.1. The van der Waals surface area contributed by atoms with Crippen LogP contribution in [0.2, 0.25) is 0 Å². The third kappa shape index (κ3) is 1.30.